The second-order valence-corrected chi connectivity index (χ2v) is 34.8. The molecular weight excluding hydrogens is 1460 g/mol. The third-order valence-corrected chi connectivity index (χ3v) is 26.3. The molecule has 0 bridgehead atoms. The van der Waals surface area contributed by atoms with Crippen LogP contribution in [0.2, 0.25) is 0 Å². The van der Waals surface area contributed by atoms with Crippen LogP contribution in [0.1, 0.15) is 204 Å². The summed E-state index contributed by atoms with van der Waals surface area (Å²) in [5.41, 5.74) is -8.51. The number of likely N-dealkylation sites (N-methyl/N-ethyl adjacent to an activating group) is 2. The zero-order valence-electron chi connectivity index (χ0n) is 72.7. The molecule has 36 atom stereocenters. The Morgan fingerprint density at radius 2 is 0.777 bits per heavy atom. The quantitative estimate of drug-likeness (QED) is 0.0212. The van der Waals surface area contributed by atoms with Crippen LogP contribution in [-0.4, -0.2) is 311 Å². The van der Waals surface area contributed by atoms with E-state index < -0.39 is 204 Å². The van der Waals surface area contributed by atoms with E-state index in [1.165, 1.54) is 42.3 Å². The fourth-order valence-electron chi connectivity index (χ4n) is 18.3. The first-order chi connectivity index (χ1) is 52.2. The molecule has 6 saturated heterocycles. The van der Waals surface area contributed by atoms with E-state index in [1.54, 1.807) is 81.4 Å². The maximum Gasteiger partial charge on any atom is 0.311 e. The minimum absolute atomic E-state index is 0.0651. The number of rotatable bonds is 24. The van der Waals surface area contributed by atoms with Crippen LogP contribution in [0.25, 0.3) is 0 Å². The van der Waals surface area contributed by atoms with Crippen molar-refractivity contribution < 1.29 is 126 Å². The molecule has 6 aliphatic heterocycles. The van der Waals surface area contributed by atoms with Crippen molar-refractivity contribution in [2.24, 2.45) is 57.7 Å². The smallest absolute Gasteiger partial charge is 0.311 e. The van der Waals surface area contributed by atoms with E-state index in [1.807, 2.05) is 93.1 Å². The zero-order chi connectivity index (χ0) is 84.4. The van der Waals surface area contributed by atoms with Gasteiger partial charge in [-0.25, -0.2) is 0 Å². The second-order valence-electron chi connectivity index (χ2n) is 34.8. The van der Waals surface area contributed by atoms with E-state index in [2.05, 4.69) is 0 Å². The fraction of sp³-hybridized carbons (Fsp3) is 0.927. The lowest BCUT2D eigenvalue weighted by molar-refractivity contribution is -0.319. The Hall–Kier alpha value is -3.26. The van der Waals surface area contributed by atoms with Crippen molar-refractivity contribution in [3.05, 3.63) is 12.2 Å². The van der Waals surface area contributed by atoms with Crippen LogP contribution in [0.15, 0.2) is 22.5 Å². The van der Waals surface area contributed by atoms with Gasteiger partial charge < -0.3 is 127 Å². The van der Waals surface area contributed by atoms with Crippen LogP contribution >= 0.6 is 0 Å². The SMILES string of the molecule is CC[C@H]1OC(=O)[C@H](C)[C@@H](O[C@@H]2C[C@](C)(OC)[C@H](O)[C@@H](C)O2)[C@H](C)[C@@H](O[C@H]2O[C@@H](C)C[C@@H](N(C)CC)[C@@H]2O)[C@@](C)(OC)C[C@@H](C)/C(=N\OC/C=C/CO/N=C2\[C@H](C)C[C@](C)(OC)[C@H](O[C@@H]3O[C@H](C)C[C@H](N(C)CC)[C@H]3O)[C@@H](C)[C@H](O[C@H]3C[C@@](C)(OC)[C@@H](O)[C@H](C)O3)[C@@H](C)C(=O)O[C@H](CC)[C@@](C)(O)[C@H](O)[C@H]2C)[C@H](C)[C@@H](O)[C@]1(C)O. The van der Waals surface area contributed by atoms with Gasteiger partial charge in [-0.2, -0.15) is 0 Å². The van der Waals surface area contributed by atoms with Crippen molar-refractivity contribution in [3.63, 3.8) is 0 Å². The highest BCUT2D eigenvalue weighted by Gasteiger charge is 2.58. The molecule has 652 valence electrons. The highest BCUT2D eigenvalue weighted by molar-refractivity contribution is 5.89. The largest absolute Gasteiger partial charge is 0.459 e. The Bertz CT molecular complexity index is 2820. The number of hydrogen-bond acceptors (Lipinski definition) is 30. The number of esters is 2. The predicted octanol–water partition coefficient (Wildman–Crippen LogP) is 6.84. The lowest BCUT2D eigenvalue weighted by atomic mass is 9.73. The van der Waals surface area contributed by atoms with Gasteiger partial charge in [0.25, 0.3) is 0 Å². The first-order valence-electron chi connectivity index (χ1n) is 41.0. The summed E-state index contributed by atoms with van der Waals surface area (Å²) in [7, 11) is 9.92. The molecule has 0 aliphatic carbocycles. The van der Waals surface area contributed by atoms with E-state index in [0.29, 0.717) is 37.4 Å². The number of aliphatic hydroxyl groups excluding tert-OH is 6. The van der Waals surface area contributed by atoms with Crippen LogP contribution in [0, 0.1) is 47.3 Å². The van der Waals surface area contributed by atoms with E-state index in [0.717, 1.165) is 0 Å². The number of carbonyl (C=O) groups is 2. The number of hydrogen-bond donors (Lipinski definition) is 8. The third kappa shape index (κ3) is 22.2. The number of oxime groups is 2. The van der Waals surface area contributed by atoms with Gasteiger partial charge in [-0.15, -0.1) is 0 Å². The molecule has 0 aromatic heterocycles. The van der Waals surface area contributed by atoms with Gasteiger partial charge in [-0.1, -0.05) is 79.5 Å². The summed E-state index contributed by atoms with van der Waals surface area (Å²) in [4.78, 5) is 46.2. The van der Waals surface area contributed by atoms with E-state index in [9.17, 15) is 50.4 Å². The minimum atomic E-state index is -2.08. The molecular formula is C82H148N4O26. The Balaban J connectivity index is 1.39. The Morgan fingerprint density at radius 1 is 0.455 bits per heavy atom. The number of methoxy groups -OCH3 is 4. The highest BCUT2D eigenvalue weighted by atomic mass is 16.7. The average molecular weight is 1610 g/mol. The molecule has 30 heteroatoms. The van der Waals surface area contributed by atoms with Gasteiger partial charge in [0.15, 0.2) is 25.2 Å². The highest BCUT2D eigenvalue weighted by Crippen LogP contribution is 2.46. The summed E-state index contributed by atoms with van der Waals surface area (Å²) >= 11 is 0. The summed E-state index contributed by atoms with van der Waals surface area (Å²) < 4.78 is 91.5. The average Bonchev–Trinajstić information content (AvgIpc) is 0.769. The minimum Gasteiger partial charge on any atom is -0.459 e. The van der Waals surface area contributed by atoms with Crippen LogP contribution in [0.3, 0.4) is 0 Å². The Kier molecular flexibility index (Phi) is 35.8. The number of cyclic esters (lactones) is 2. The van der Waals surface area contributed by atoms with Crippen LogP contribution < -0.4 is 0 Å². The van der Waals surface area contributed by atoms with Gasteiger partial charge >= 0.3 is 11.9 Å². The van der Waals surface area contributed by atoms with Crippen molar-refractivity contribution >= 4 is 23.4 Å². The molecule has 6 heterocycles. The van der Waals surface area contributed by atoms with Gasteiger partial charge in [0, 0.05) is 88.9 Å². The van der Waals surface area contributed by atoms with E-state index in [4.69, 9.17) is 86.3 Å². The molecule has 6 aliphatic rings. The summed E-state index contributed by atoms with van der Waals surface area (Å²) in [6.07, 6.45) is -16.3. The predicted molar refractivity (Wildman–Crippen MR) is 417 cm³/mol. The molecule has 112 heavy (non-hydrogen) atoms. The Morgan fingerprint density at radius 3 is 1.07 bits per heavy atom. The molecule has 0 aromatic carbocycles. The van der Waals surface area contributed by atoms with E-state index in [-0.39, 0.29) is 76.0 Å². The van der Waals surface area contributed by atoms with Crippen LogP contribution in [-0.2, 0) is 85.6 Å². The molecule has 6 fully saturated rings. The standard InChI is InChI=1S/C82H148N4O26/c1-29-57-81(21,95)67(89)47(9)61(43(5)39-79(19,99-27)71(111-75-63(87)55(85(23)31-3)37-45(7)103-75)49(11)65(51(13)73(93)107-57)109-59-41-77(17,97-25)69(91)53(15)105-59)83-101-35-33-34-36-102-84-62-44(6)40-80(20,100-28)72(112-76-64(88)56(86(24)32-4)38-46(8)104-76)50(12)66(110-60-42-78(18,98-26)70(92)54(16)106-60)52(14)74(94)108-58(30-2)82(22,96)68(90)48(62)10/h33-34,43-60,63-72,75-76,87-92,95-96H,29-32,35-42H2,1-28H3/b34-33+,83-61+,84-62+/t43-,44-,45-,46+,47+,48+,49+,50+,51-,52-,53+,54-,55+,56-,57-,58-,59+,60-,63-,64+,65+,66+,67-,68-,69+,70-,71-,72-,75+,76-,77-,78+,79+,80+,81-,82-/m1/s1. The maximum atomic E-state index is 14.9. The summed E-state index contributed by atoms with van der Waals surface area (Å²) in [6.45, 7) is 39.9. The van der Waals surface area contributed by atoms with Crippen molar-refractivity contribution in [2.75, 3.05) is 68.8 Å². The number of nitrogens with zero attached hydrogens (tertiary/aromatic N) is 4. The summed E-state index contributed by atoms with van der Waals surface area (Å²) in [5.74, 6) is -8.56. The molecule has 0 radical (unpaired) electrons. The lowest BCUT2D eigenvalue weighted by Crippen LogP contribution is -2.61. The number of aliphatic hydroxyl groups is 8. The van der Waals surface area contributed by atoms with Crippen LogP contribution in [0.5, 0.6) is 0 Å². The topological polar surface area (TPSA) is 375 Å². The zero-order valence-corrected chi connectivity index (χ0v) is 72.7. The molecule has 8 N–H and O–H groups in total. The lowest BCUT2D eigenvalue weighted by Gasteiger charge is -2.50. The molecule has 30 nitrogen and oxygen atoms in total. The maximum absolute atomic E-state index is 14.9. The molecule has 0 aromatic rings. The normalized spacial score (nSPS) is 47.3. The van der Waals surface area contributed by atoms with Crippen LogP contribution in [0.4, 0.5) is 0 Å². The Labute approximate surface area is 667 Å². The van der Waals surface area contributed by atoms with Crippen molar-refractivity contribution in [1.29, 1.82) is 0 Å². The van der Waals surface area contributed by atoms with Gasteiger partial charge in [0.05, 0.1) is 107 Å². The number of ether oxygens (including phenoxy) is 14. The van der Waals surface area contributed by atoms with Gasteiger partial charge in [0.2, 0.25) is 0 Å². The van der Waals surface area contributed by atoms with Gasteiger partial charge in [0.1, 0.15) is 61.0 Å². The molecule has 6 rings (SSSR count). The first-order valence-corrected chi connectivity index (χ1v) is 41.0. The first kappa shape index (κ1) is 97.6. The van der Waals surface area contributed by atoms with Gasteiger partial charge in [-0.05, 0) is 161 Å². The molecule has 0 saturated carbocycles. The fourth-order valence-corrected chi connectivity index (χ4v) is 18.3. The van der Waals surface area contributed by atoms with E-state index >= 15 is 0 Å². The van der Waals surface area contributed by atoms with Crippen molar-refractivity contribution in [1.82, 2.24) is 9.80 Å². The van der Waals surface area contributed by atoms with Crippen molar-refractivity contribution in [2.45, 2.75) is 372 Å². The third-order valence-electron chi connectivity index (χ3n) is 26.3. The second kappa shape index (κ2) is 41.1. The number of carbonyl (C=O) groups excluding carboxylic acids is 2. The van der Waals surface area contributed by atoms with Crippen molar-refractivity contribution in [3.8, 4) is 0 Å². The summed E-state index contributed by atoms with van der Waals surface area (Å²) in [5, 5.41) is 107. The molecule has 0 spiro atoms. The summed E-state index contributed by atoms with van der Waals surface area (Å²) in [6, 6.07) is -0.712. The molecule has 0 amide bonds. The van der Waals surface area contributed by atoms with Gasteiger partial charge in [-0.3, -0.25) is 9.59 Å². The molecule has 0 unspecified atom stereocenters. The monoisotopic (exact) mass is 1610 g/mol.